The average Bonchev–Trinajstić information content (AvgIpc) is 3.16. The molecule has 0 fully saturated rings. The fourth-order valence-corrected chi connectivity index (χ4v) is 3.54. The summed E-state index contributed by atoms with van der Waals surface area (Å²) in [4.78, 5) is 27.2. The van der Waals surface area contributed by atoms with Gasteiger partial charge < -0.3 is 10.2 Å². The molecule has 0 aliphatic carbocycles. The molecule has 142 valence electrons. The van der Waals surface area contributed by atoms with Crippen LogP contribution in [0.1, 0.15) is 37.7 Å². The Kier molecular flexibility index (Phi) is 5.12. The fraction of sp³-hybridized carbons (Fsp3) is 0.190. The summed E-state index contributed by atoms with van der Waals surface area (Å²) in [6.45, 7) is 1.29. The Morgan fingerprint density at radius 1 is 1.11 bits per heavy atom. The molecule has 2 aromatic carbocycles. The second-order valence-electron chi connectivity index (χ2n) is 6.65. The first-order valence-corrected chi connectivity index (χ1v) is 9.43. The van der Waals surface area contributed by atoms with E-state index in [9.17, 15) is 9.59 Å². The highest BCUT2D eigenvalue weighted by atomic mass is 35.5. The number of H-pyrrole nitrogens is 1. The molecular weight excluding hydrogens is 376 g/mol. The van der Waals surface area contributed by atoms with Crippen molar-refractivity contribution in [1.82, 2.24) is 20.4 Å². The lowest BCUT2D eigenvalue weighted by atomic mass is 10.0. The number of nitrogens with one attached hydrogen (secondary N) is 2. The zero-order chi connectivity index (χ0) is 19.5. The topological polar surface area (TPSA) is 78.1 Å². The SMILES string of the molecule is O=C(NCc1ccccc1)c1n[nH]c2c1CN(C(=O)c1ccccc1Cl)CC2. The molecule has 6 nitrogen and oxygen atoms in total. The molecule has 0 spiro atoms. The minimum absolute atomic E-state index is 0.145. The molecule has 0 bridgehead atoms. The van der Waals surface area contributed by atoms with Gasteiger partial charge in [0.2, 0.25) is 0 Å². The van der Waals surface area contributed by atoms with Crippen LogP contribution in [0.15, 0.2) is 54.6 Å². The highest BCUT2D eigenvalue weighted by Gasteiger charge is 2.28. The van der Waals surface area contributed by atoms with Gasteiger partial charge in [-0.2, -0.15) is 5.10 Å². The molecule has 0 saturated carbocycles. The second kappa shape index (κ2) is 7.86. The zero-order valence-electron chi connectivity index (χ0n) is 15.1. The first-order valence-electron chi connectivity index (χ1n) is 9.05. The Labute approximate surface area is 167 Å². The van der Waals surface area contributed by atoms with E-state index >= 15 is 0 Å². The monoisotopic (exact) mass is 394 g/mol. The minimum Gasteiger partial charge on any atom is -0.347 e. The molecule has 0 unspecified atom stereocenters. The third-order valence-electron chi connectivity index (χ3n) is 4.84. The van der Waals surface area contributed by atoms with Gasteiger partial charge in [0.05, 0.1) is 17.1 Å². The van der Waals surface area contributed by atoms with Crippen molar-refractivity contribution in [2.75, 3.05) is 6.54 Å². The van der Waals surface area contributed by atoms with Crippen LogP contribution in [0.5, 0.6) is 0 Å². The largest absolute Gasteiger partial charge is 0.347 e. The van der Waals surface area contributed by atoms with Crippen molar-refractivity contribution >= 4 is 23.4 Å². The Bertz CT molecular complexity index is 1020. The number of aromatic nitrogens is 2. The Morgan fingerprint density at radius 3 is 2.64 bits per heavy atom. The molecule has 1 aliphatic rings. The van der Waals surface area contributed by atoms with Crippen molar-refractivity contribution in [1.29, 1.82) is 0 Å². The number of aromatic amines is 1. The number of benzene rings is 2. The van der Waals surface area contributed by atoms with Gasteiger partial charge in [-0.15, -0.1) is 0 Å². The first kappa shape index (κ1) is 18.3. The minimum atomic E-state index is -0.256. The van der Waals surface area contributed by atoms with Crippen molar-refractivity contribution in [3.05, 3.63) is 87.7 Å². The number of halogens is 1. The van der Waals surface area contributed by atoms with Crippen molar-refractivity contribution in [3.8, 4) is 0 Å². The highest BCUT2D eigenvalue weighted by Crippen LogP contribution is 2.24. The van der Waals surface area contributed by atoms with Crippen LogP contribution in [-0.4, -0.2) is 33.5 Å². The van der Waals surface area contributed by atoms with Crippen molar-refractivity contribution in [3.63, 3.8) is 0 Å². The molecular formula is C21H19ClN4O2. The van der Waals surface area contributed by atoms with E-state index in [4.69, 9.17) is 11.6 Å². The molecule has 2 N–H and O–H groups in total. The smallest absolute Gasteiger partial charge is 0.272 e. The molecule has 0 atom stereocenters. The normalized spacial score (nSPS) is 13.1. The maximum atomic E-state index is 12.9. The molecule has 1 aliphatic heterocycles. The maximum absolute atomic E-state index is 12.9. The van der Waals surface area contributed by atoms with Crippen molar-refractivity contribution < 1.29 is 9.59 Å². The van der Waals surface area contributed by atoms with Gasteiger partial charge >= 0.3 is 0 Å². The van der Waals surface area contributed by atoms with E-state index in [1.54, 1.807) is 29.2 Å². The average molecular weight is 395 g/mol. The van der Waals surface area contributed by atoms with Crippen LogP contribution in [-0.2, 0) is 19.5 Å². The molecule has 1 aromatic heterocycles. The van der Waals surface area contributed by atoms with Gasteiger partial charge in [-0.05, 0) is 17.7 Å². The molecule has 3 aromatic rings. The maximum Gasteiger partial charge on any atom is 0.272 e. The molecule has 7 heteroatoms. The number of carbonyl (C=O) groups is 2. The summed E-state index contributed by atoms with van der Waals surface area (Å²) >= 11 is 6.17. The number of hydrogen-bond donors (Lipinski definition) is 2. The second-order valence-corrected chi connectivity index (χ2v) is 7.06. The van der Waals surface area contributed by atoms with E-state index in [1.807, 2.05) is 30.3 Å². The van der Waals surface area contributed by atoms with Gasteiger partial charge in [-0.25, -0.2) is 0 Å². The van der Waals surface area contributed by atoms with Crippen LogP contribution in [0.25, 0.3) is 0 Å². The van der Waals surface area contributed by atoms with Crippen molar-refractivity contribution in [2.24, 2.45) is 0 Å². The highest BCUT2D eigenvalue weighted by molar-refractivity contribution is 6.33. The number of nitrogens with zero attached hydrogens (tertiary/aromatic N) is 2. The van der Waals surface area contributed by atoms with E-state index in [0.717, 1.165) is 16.8 Å². The van der Waals surface area contributed by atoms with Crippen LogP contribution in [0, 0.1) is 0 Å². The summed E-state index contributed by atoms with van der Waals surface area (Å²) in [5.74, 6) is -0.401. The third kappa shape index (κ3) is 3.64. The number of amides is 2. The van der Waals surface area contributed by atoms with E-state index < -0.39 is 0 Å². The summed E-state index contributed by atoms with van der Waals surface area (Å²) in [7, 11) is 0. The summed E-state index contributed by atoms with van der Waals surface area (Å²) < 4.78 is 0. The quantitative estimate of drug-likeness (QED) is 0.713. The van der Waals surface area contributed by atoms with Gasteiger partial charge in [-0.1, -0.05) is 54.1 Å². The van der Waals surface area contributed by atoms with Crippen molar-refractivity contribution in [2.45, 2.75) is 19.5 Å². The van der Waals surface area contributed by atoms with Crippen LogP contribution < -0.4 is 5.32 Å². The standard InChI is InChI=1S/C21H19ClN4O2/c22-17-9-5-4-8-15(17)21(28)26-11-10-18-16(13-26)19(25-24-18)20(27)23-12-14-6-2-1-3-7-14/h1-9H,10-13H2,(H,23,27)(H,24,25). The van der Waals surface area contributed by atoms with Gasteiger partial charge in [0, 0.05) is 30.8 Å². The molecule has 0 saturated heterocycles. The lowest BCUT2D eigenvalue weighted by molar-refractivity contribution is 0.0731. The summed E-state index contributed by atoms with van der Waals surface area (Å²) in [5, 5.41) is 10.4. The molecule has 4 rings (SSSR count). The van der Waals surface area contributed by atoms with E-state index in [2.05, 4.69) is 15.5 Å². The predicted molar refractivity (Wildman–Crippen MR) is 106 cm³/mol. The van der Waals surface area contributed by atoms with Gasteiger partial charge in [-0.3, -0.25) is 14.7 Å². The zero-order valence-corrected chi connectivity index (χ0v) is 15.9. The van der Waals surface area contributed by atoms with Gasteiger partial charge in [0.1, 0.15) is 0 Å². The lowest BCUT2D eigenvalue weighted by Gasteiger charge is -2.27. The van der Waals surface area contributed by atoms with E-state index in [0.29, 0.717) is 42.3 Å². The van der Waals surface area contributed by atoms with Crippen LogP contribution in [0.3, 0.4) is 0 Å². The molecule has 2 amide bonds. The summed E-state index contributed by atoms with van der Waals surface area (Å²) in [5.41, 5.74) is 3.47. The van der Waals surface area contributed by atoms with Gasteiger partial charge in [0.25, 0.3) is 11.8 Å². The molecule has 2 heterocycles. The third-order valence-corrected chi connectivity index (χ3v) is 5.17. The summed E-state index contributed by atoms with van der Waals surface area (Å²) in [6, 6.07) is 16.7. The Hall–Kier alpha value is -3.12. The lowest BCUT2D eigenvalue weighted by Crippen LogP contribution is -2.37. The fourth-order valence-electron chi connectivity index (χ4n) is 3.32. The molecule has 28 heavy (non-hydrogen) atoms. The Balaban J connectivity index is 1.49. The van der Waals surface area contributed by atoms with E-state index in [1.165, 1.54) is 0 Å². The van der Waals surface area contributed by atoms with Crippen LogP contribution in [0.4, 0.5) is 0 Å². The number of rotatable bonds is 4. The molecule has 0 radical (unpaired) electrons. The van der Waals surface area contributed by atoms with Crippen LogP contribution in [0.2, 0.25) is 5.02 Å². The Morgan fingerprint density at radius 2 is 1.86 bits per heavy atom. The number of fused-ring (bicyclic) bond motifs is 1. The first-order chi connectivity index (χ1) is 13.6. The number of hydrogen-bond acceptors (Lipinski definition) is 3. The number of carbonyl (C=O) groups excluding carboxylic acids is 2. The van der Waals surface area contributed by atoms with Gasteiger partial charge in [0.15, 0.2) is 5.69 Å². The van der Waals surface area contributed by atoms with E-state index in [-0.39, 0.29) is 11.8 Å². The predicted octanol–water partition coefficient (Wildman–Crippen LogP) is 3.19. The van der Waals surface area contributed by atoms with Crippen LogP contribution >= 0.6 is 11.6 Å². The summed E-state index contributed by atoms with van der Waals surface area (Å²) in [6.07, 6.45) is 0.616.